The van der Waals surface area contributed by atoms with Gasteiger partial charge in [-0.2, -0.15) is 0 Å². The van der Waals surface area contributed by atoms with Crippen LogP contribution in [0, 0.1) is 0 Å². The van der Waals surface area contributed by atoms with E-state index in [-0.39, 0.29) is 22.8 Å². The Kier molecular flexibility index (Phi) is 5.76. The van der Waals surface area contributed by atoms with Crippen LogP contribution in [0.15, 0.2) is 82.5 Å². The van der Waals surface area contributed by atoms with Crippen LogP contribution >= 0.6 is 0 Å². The maximum absolute atomic E-state index is 13.9. The summed E-state index contributed by atoms with van der Waals surface area (Å²) < 4.78 is 16.5. The number of furan rings is 1. The van der Waals surface area contributed by atoms with E-state index in [1.54, 1.807) is 42.5 Å². The molecule has 0 fully saturated rings. The molecule has 0 aliphatic carbocycles. The number of ketones is 1. The number of hydrogen-bond donors (Lipinski definition) is 3. The number of H-pyrrole nitrogens is 1. The number of ether oxygens (including phenoxy) is 2. The van der Waals surface area contributed by atoms with Gasteiger partial charge in [-0.15, -0.1) is 0 Å². The normalized spacial score (nSPS) is 15.3. The number of rotatable bonds is 7. The molecule has 1 unspecified atom stereocenters. The number of anilines is 1. The topological polar surface area (TPSA) is 155 Å². The van der Waals surface area contributed by atoms with Gasteiger partial charge in [0.15, 0.2) is 22.9 Å². The molecule has 0 spiro atoms. The highest BCUT2D eigenvalue weighted by atomic mass is 16.5. The zero-order chi connectivity index (χ0) is 28.1. The van der Waals surface area contributed by atoms with Crippen molar-refractivity contribution in [3.05, 3.63) is 94.9 Å². The molecule has 0 radical (unpaired) electrons. The third kappa shape index (κ3) is 3.83. The van der Waals surface area contributed by atoms with Gasteiger partial charge in [0, 0.05) is 5.39 Å². The van der Waals surface area contributed by atoms with Gasteiger partial charge in [-0.1, -0.05) is 24.3 Å². The van der Waals surface area contributed by atoms with Gasteiger partial charge in [-0.05, 0) is 48.0 Å². The van der Waals surface area contributed by atoms with Gasteiger partial charge in [0.05, 0.1) is 42.4 Å². The number of carbonyl (C=O) groups is 3. The Morgan fingerprint density at radius 1 is 1.02 bits per heavy atom. The minimum Gasteiger partial charge on any atom is -0.503 e. The second-order valence-corrected chi connectivity index (χ2v) is 9.03. The number of carboxylic acids is 1. The summed E-state index contributed by atoms with van der Waals surface area (Å²) in [6.07, 6.45) is 0. The van der Waals surface area contributed by atoms with Crippen molar-refractivity contribution in [2.45, 2.75) is 6.04 Å². The quantitative estimate of drug-likeness (QED) is 0.247. The number of nitrogens with one attached hydrogen (secondary N) is 1. The van der Waals surface area contributed by atoms with E-state index in [1.165, 1.54) is 38.5 Å². The number of hydrogen-bond acceptors (Lipinski definition) is 8. The molecule has 5 aromatic rings. The summed E-state index contributed by atoms with van der Waals surface area (Å²) >= 11 is 0. The van der Waals surface area contributed by atoms with Crippen LogP contribution in [0.4, 0.5) is 5.95 Å². The smallest absolute Gasteiger partial charge is 0.335 e. The van der Waals surface area contributed by atoms with Crippen LogP contribution in [0.5, 0.6) is 11.5 Å². The Bertz CT molecular complexity index is 1880. The first kappa shape index (κ1) is 24.7. The molecule has 6 rings (SSSR count). The summed E-state index contributed by atoms with van der Waals surface area (Å²) in [5.74, 6) is -2.67. The Hall–Kier alpha value is -5.58. The van der Waals surface area contributed by atoms with Gasteiger partial charge in [-0.25, -0.2) is 9.78 Å². The Morgan fingerprint density at radius 3 is 2.58 bits per heavy atom. The number of aromatic carboxylic acids is 1. The monoisotopic (exact) mass is 539 g/mol. The maximum Gasteiger partial charge on any atom is 0.335 e. The predicted octanol–water partition coefficient (Wildman–Crippen LogP) is 4.81. The summed E-state index contributed by atoms with van der Waals surface area (Å²) in [4.78, 5) is 47.5. The molecule has 0 saturated carbocycles. The molecule has 1 amide bonds. The van der Waals surface area contributed by atoms with Gasteiger partial charge in [0.1, 0.15) is 5.75 Å². The lowest BCUT2D eigenvalue weighted by Crippen LogP contribution is -2.32. The summed E-state index contributed by atoms with van der Waals surface area (Å²) in [5, 5.41) is 21.1. The van der Waals surface area contributed by atoms with Crippen molar-refractivity contribution in [3.63, 3.8) is 0 Å². The molecular weight excluding hydrogens is 518 g/mol. The summed E-state index contributed by atoms with van der Waals surface area (Å²) in [6.45, 7) is 0. The molecule has 3 N–H and O–H groups in total. The van der Waals surface area contributed by atoms with Crippen molar-refractivity contribution in [2.75, 3.05) is 19.1 Å². The number of benzene rings is 3. The van der Waals surface area contributed by atoms with E-state index in [0.29, 0.717) is 39.1 Å². The van der Waals surface area contributed by atoms with Crippen LogP contribution in [-0.4, -0.2) is 52.1 Å². The highest BCUT2D eigenvalue weighted by molar-refractivity contribution is 6.20. The van der Waals surface area contributed by atoms with Crippen LogP contribution in [0.2, 0.25) is 0 Å². The molecule has 0 bridgehead atoms. The molecule has 11 nitrogen and oxygen atoms in total. The molecule has 200 valence electrons. The molecule has 3 aromatic carbocycles. The first-order valence-electron chi connectivity index (χ1n) is 12.1. The fraction of sp³-hybridized carbons (Fsp3) is 0.103. The zero-order valence-corrected chi connectivity index (χ0v) is 21.2. The fourth-order valence-corrected chi connectivity index (χ4v) is 4.87. The van der Waals surface area contributed by atoms with E-state index in [1.807, 2.05) is 0 Å². The molecule has 1 aliphatic heterocycles. The van der Waals surface area contributed by atoms with E-state index in [0.717, 1.165) is 4.90 Å². The number of imidazole rings is 1. The van der Waals surface area contributed by atoms with Crippen molar-refractivity contribution in [3.8, 4) is 11.5 Å². The number of fused-ring (bicyclic) bond motifs is 2. The lowest BCUT2D eigenvalue weighted by molar-refractivity contribution is -0.117. The van der Waals surface area contributed by atoms with Crippen LogP contribution in [0.3, 0.4) is 0 Å². The van der Waals surface area contributed by atoms with E-state index in [9.17, 15) is 24.6 Å². The summed E-state index contributed by atoms with van der Waals surface area (Å²) in [6, 6.07) is 16.6. The van der Waals surface area contributed by atoms with E-state index < -0.39 is 29.5 Å². The molecule has 2 aromatic heterocycles. The van der Waals surface area contributed by atoms with Crippen LogP contribution in [0.1, 0.15) is 32.5 Å². The van der Waals surface area contributed by atoms with Crippen LogP contribution < -0.4 is 14.4 Å². The first-order valence-corrected chi connectivity index (χ1v) is 12.1. The van der Waals surface area contributed by atoms with Crippen molar-refractivity contribution in [1.29, 1.82) is 0 Å². The molecule has 11 heteroatoms. The number of para-hydroxylation sites is 1. The zero-order valence-electron chi connectivity index (χ0n) is 21.2. The van der Waals surface area contributed by atoms with Crippen molar-refractivity contribution < 1.29 is 38.5 Å². The third-order valence-corrected chi connectivity index (χ3v) is 6.76. The third-order valence-electron chi connectivity index (χ3n) is 6.76. The minimum absolute atomic E-state index is 0.0102. The van der Waals surface area contributed by atoms with Crippen molar-refractivity contribution in [2.24, 2.45) is 0 Å². The Labute approximate surface area is 225 Å². The first-order chi connectivity index (χ1) is 19.3. The number of carboxylic acid groups (broad SMARTS) is 1. The van der Waals surface area contributed by atoms with Crippen LogP contribution in [-0.2, 0) is 4.79 Å². The number of aliphatic hydroxyl groups excluding tert-OH is 1. The largest absolute Gasteiger partial charge is 0.503 e. The van der Waals surface area contributed by atoms with Gasteiger partial charge in [0.25, 0.3) is 5.91 Å². The number of nitrogens with zero attached hydrogens (tertiary/aromatic N) is 2. The van der Waals surface area contributed by atoms with Gasteiger partial charge >= 0.3 is 5.97 Å². The molecule has 0 saturated heterocycles. The van der Waals surface area contributed by atoms with E-state index >= 15 is 0 Å². The number of carbonyl (C=O) groups excluding carboxylic acids is 2. The van der Waals surface area contributed by atoms with Gasteiger partial charge in [-0.3, -0.25) is 14.5 Å². The Balaban J connectivity index is 1.51. The molecule has 40 heavy (non-hydrogen) atoms. The van der Waals surface area contributed by atoms with Crippen molar-refractivity contribution in [1.82, 2.24) is 9.97 Å². The van der Waals surface area contributed by atoms with Crippen LogP contribution in [0.25, 0.3) is 22.0 Å². The molecule has 1 atom stereocenters. The number of aromatic amines is 1. The predicted molar refractivity (Wildman–Crippen MR) is 143 cm³/mol. The molecule has 3 heterocycles. The number of aromatic nitrogens is 2. The fourth-order valence-electron chi connectivity index (χ4n) is 4.87. The second kappa shape index (κ2) is 9.31. The Morgan fingerprint density at radius 2 is 1.82 bits per heavy atom. The number of amides is 1. The molecular formula is C29H21N3O8. The maximum atomic E-state index is 13.9. The average Bonchev–Trinajstić information content (AvgIpc) is 3.66. The molecule has 1 aliphatic rings. The van der Waals surface area contributed by atoms with Gasteiger partial charge < -0.3 is 29.1 Å². The van der Waals surface area contributed by atoms with E-state index in [4.69, 9.17) is 13.9 Å². The van der Waals surface area contributed by atoms with Crippen molar-refractivity contribution >= 4 is 45.6 Å². The summed E-state index contributed by atoms with van der Waals surface area (Å²) in [7, 11) is 2.96. The number of methoxy groups -OCH3 is 2. The lowest BCUT2D eigenvalue weighted by Gasteiger charge is -2.24. The highest BCUT2D eigenvalue weighted by Gasteiger charge is 2.46. The average molecular weight is 540 g/mol. The number of Topliss-reactive ketones (excluding diaryl/α,β-unsaturated/α-hetero) is 1. The van der Waals surface area contributed by atoms with E-state index in [2.05, 4.69) is 9.97 Å². The standard InChI is InChI=1S/C29H21N3O8/c1-38-17-7-3-5-14(11-17)23-22(24(33)21-13-15-6-4-8-20(39-2)26(15)40-21)25(34)27(35)32(23)29-30-18-10-9-16(28(36)37)12-19(18)31-29/h3-13,23,34H,1-2H3,(H,30,31)(H,36,37). The summed E-state index contributed by atoms with van der Waals surface area (Å²) in [5.41, 5.74) is 1.36. The second-order valence-electron chi connectivity index (χ2n) is 9.03. The highest BCUT2D eigenvalue weighted by Crippen LogP contribution is 2.43. The number of aliphatic hydroxyl groups is 1. The minimum atomic E-state index is -1.13. The lowest BCUT2D eigenvalue weighted by atomic mass is 9.95. The SMILES string of the molecule is COc1cccc(C2C(C(=O)c3cc4cccc(OC)c4o3)=C(O)C(=O)N2c2nc3ccc(C(=O)O)cc3[nH]2)c1. The van der Waals surface area contributed by atoms with Gasteiger partial charge in [0.2, 0.25) is 11.7 Å².